The Labute approximate surface area is 172 Å². The summed E-state index contributed by atoms with van der Waals surface area (Å²) < 4.78 is 32.4. The highest BCUT2D eigenvalue weighted by Crippen LogP contribution is 2.17. The van der Waals surface area contributed by atoms with Gasteiger partial charge in [0.2, 0.25) is 0 Å². The molecule has 4 amide bonds. The number of ether oxygens (including phenoxy) is 1. The van der Waals surface area contributed by atoms with Gasteiger partial charge >= 0.3 is 12.0 Å². The zero-order valence-corrected chi connectivity index (χ0v) is 16.8. The van der Waals surface area contributed by atoms with E-state index in [-0.39, 0.29) is 6.04 Å². The summed E-state index contributed by atoms with van der Waals surface area (Å²) in [6, 6.07) is 1.03. The number of esters is 1. The third kappa shape index (κ3) is 6.50. The van der Waals surface area contributed by atoms with Crippen molar-refractivity contribution < 1.29 is 32.7 Å². The van der Waals surface area contributed by atoms with Crippen molar-refractivity contribution in [3.8, 4) is 0 Å². The van der Waals surface area contributed by atoms with E-state index in [0.717, 1.165) is 43.9 Å². The Morgan fingerprint density at radius 1 is 1.10 bits per heavy atom. The molecule has 1 saturated carbocycles. The van der Waals surface area contributed by atoms with Crippen LogP contribution in [0, 0.1) is 17.6 Å². The van der Waals surface area contributed by atoms with Gasteiger partial charge in [-0.3, -0.25) is 14.9 Å². The fraction of sp³-hybridized carbons (Fsp3) is 0.500. The number of amides is 4. The number of nitrogens with one attached hydrogen (secondary N) is 3. The molecule has 0 heterocycles. The van der Waals surface area contributed by atoms with Gasteiger partial charge in [-0.2, -0.15) is 0 Å². The number of imide groups is 1. The van der Waals surface area contributed by atoms with Crippen molar-refractivity contribution in [1.29, 1.82) is 0 Å². The van der Waals surface area contributed by atoms with E-state index < -0.39 is 59.6 Å². The maximum Gasteiger partial charge on any atom is 0.329 e. The van der Waals surface area contributed by atoms with E-state index >= 15 is 0 Å². The van der Waals surface area contributed by atoms with Gasteiger partial charge in [-0.1, -0.05) is 32.8 Å². The van der Waals surface area contributed by atoms with Crippen LogP contribution < -0.4 is 16.0 Å². The van der Waals surface area contributed by atoms with Crippen LogP contribution in [0.2, 0.25) is 0 Å². The molecule has 30 heavy (non-hydrogen) atoms. The Morgan fingerprint density at radius 3 is 2.27 bits per heavy atom. The lowest BCUT2D eigenvalue weighted by Crippen LogP contribution is -2.48. The fourth-order valence-corrected chi connectivity index (χ4v) is 3.11. The topological polar surface area (TPSA) is 114 Å². The molecule has 0 radical (unpaired) electrons. The molecule has 10 heteroatoms. The molecule has 1 aliphatic rings. The van der Waals surface area contributed by atoms with Crippen LogP contribution >= 0.6 is 0 Å². The van der Waals surface area contributed by atoms with Crippen molar-refractivity contribution in [2.24, 2.45) is 5.92 Å². The van der Waals surface area contributed by atoms with Crippen LogP contribution in [0.5, 0.6) is 0 Å². The van der Waals surface area contributed by atoms with Gasteiger partial charge in [0, 0.05) is 6.04 Å². The molecule has 1 aliphatic carbocycles. The molecular formula is C20H25F2N3O5. The van der Waals surface area contributed by atoms with Gasteiger partial charge in [0.1, 0.15) is 23.2 Å². The minimum atomic E-state index is -1.25. The molecule has 0 aromatic heterocycles. The van der Waals surface area contributed by atoms with E-state index in [2.05, 4.69) is 16.0 Å². The number of carbonyl (C=O) groups excluding carboxylic acids is 4. The molecule has 1 fully saturated rings. The summed E-state index contributed by atoms with van der Waals surface area (Å²) in [6.45, 7) is 2.42. The van der Waals surface area contributed by atoms with Crippen molar-refractivity contribution in [3.05, 3.63) is 35.4 Å². The van der Waals surface area contributed by atoms with Crippen LogP contribution in [-0.2, 0) is 14.3 Å². The molecule has 3 N–H and O–H groups in total. The second-order valence-electron chi connectivity index (χ2n) is 7.40. The molecule has 1 aromatic rings. The first-order valence-corrected chi connectivity index (χ1v) is 9.71. The molecule has 164 valence electrons. The monoisotopic (exact) mass is 425 g/mol. The van der Waals surface area contributed by atoms with Gasteiger partial charge < -0.3 is 15.4 Å². The van der Waals surface area contributed by atoms with E-state index in [1.165, 1.54) is 0 Å². The maximum atomic E-state index is 13.8. The molecule has 0 aliphatic heterocycles. The number of halogens is 2. The van der Waals surface area contributed by atoms with Gasteiger partial charge in [0.05, 0.1) is 0 Å². The second-order valence-corrected chi connectivity index (χ2v) is 7.40. The SMILES string of the molecule is CC(C)[C@H](NC(=O)c1c(F)cccc1F)C(=O)OCC(=O)NC(=O)NC1CCCC1. The molecule has 0 unspecified atom stereocenters. The summed E-state index contributed by atoms with van der Waals surface area (Å²) >= 11 is 0. The third-order valence-corrected chi connectivity index (χ3v) is 4.69. The standard InChI is InChI=1S/C20H25F2N3O5/c1-11(2)17(25-18(27)16-13(21)8-5-9-14(16)22)19(28)30-10-15(26)24-20(29)23-12-6-3-4-7-12/h5,8-9,11-12,17H,3-4,6-7,10H2,1-2H3,(H,25,27)(H2,23,24,26,29)/t17-/m0/s1. The molecule has 0 saturated heterocycles. The lowest BCUT2D eigenvalue weighted by atomic mass is 10.0. The summed E-state index contributed by atoms with van der Waals surface area (Å²) in [5, 5.41) is 6.94. The highest BCUT2D eigenvalue weighted by molar-refractivity contribution is 5.98. The predicted octanol–water partition coefficient (Wildman–Crippen LogP) is 2.03. The lowest BCUT2D eigenvalue weighted by Gasteiger charge is -2.21. The third-order valence-electron chi connectivity index (χ3n) is 4.69. The average molecular weight is 425 g/mol. The Hall–Kier alpha value is -3.04. The normalized spacial score (nSPS) is 14.8. The van der Waals surface area contributed by atoms with Crippen molar-refractivity contribution in [1.82, 2.24) is 16.0 Å². The molecule has 1 atom stereocenters. The van der Waals surface area contributed by atoms with Crippen molar-refractivity contribution in [3.63, 3.8) is 0 Å². The fourth-order valence-electron chi connectivity index (χ4n) is 3.11. The molecule has 8 nitrogen and oxygen atoms in total. The minimum absolute atomic E-state index is 0.0136. The van der Waals surface area contributed by atoms with Gasteiger partial charge in [0.15, 0.2) is 6.61 Å². The van der Waals surface area contributed by atoms with E-state index in [1.54, 1.807) is 13.8 Å². The number of hydrogen-bond donors (Lipinski definition) is 3. The second kappa shape index (κ2) is 10.7. The molecule has 2 rings (SSSR count). The predicted molar refractivity (Wildman–Crippen MR) is 102 cm³/mol. The van der Waals surface area contributed by atoms with Gasteiger partial charge in [0.25, 0.3) is 11.8 Å². The first-order chi connectivity index (χ1) is 14.2. The quantitative estimate of drug-likeness (QED) is 0.579. The largest absolute Gasteiger partial charge is 0.454 e. The molecule has 0 spiro atoms. The number of carbonyl (C=O) groups is 4. The Kier molecular flexibility index (Phi) is 8.25. The smallest absolute Gasteiger partial charge is 0.329 e. The van der Waals surface area contributed by atoms with E-state index in [1.807, 2.05) is 0 Å². The van der Waals surface area contributed by atoms with E-state index in [0.29, 0.717) is 0 Å². The first kappa shape index (κ1) is 23.2. The Balaban J connectivity index is 1.88. The molecular weight excluding hydrogens is 400 g/mol. The van der Waals surface area contributed by atoms with Crippen LogP contribution in [0.25, 0.3) is 0 Å². The zero-order valence-electron chi connectivity index (χ0n) is 16.8. The Morgan fingerprint density at radius 2 is 1.70 bits per heavy atom. The number of benzene rings is 1. The van der Waals surface area contributed by atoms with Crippen LogP contribution in [0.4, 0.5) is 13.6 Å². The number of hydrogen-bond acceptors (Lipinski definition) is 5. The molecule has 0 bridgehead atoms. The van der Waals surface area contributed by atoms with Crippen molar-refractivity contribution in [2.75, 3.05) is 6.61 Å². The number of urea groups is 1. The molecule has 1 aromatic carbocycles. The minimum Gasteiger partial charge on any atom is -0.454 e. The number of rotatable bonds is 7. The van der Waals surface area contributed by atoms with E-state index in [9.17, 15) is 28.0 Å². The van der Waals surface area contributed by atoms with Crippen molar-refractivity contribution >= 4 is 23.8 Å². The summed E-state index contributed by atoms with van der Waals surface area (Å²) in [5.74, 6) is -5.58. The van der Waals surface area contributed by atoms with Gasteiger partial charge in [-0.05, 0) is 30.9 Å². The zero-order chi connectivity index (χ0) is 22.3. The van der Waals surface area contributed by atoms with Crippen LogP contribution in [0.3, 0.4) is 0 Å². The van der Waals surface area contributed by atoms with Gasteiger partial charge in [-0.25, -0.2) is 18.4 Å². The van der Waals surface area contributed by atoms with Crippen LogP contribution in [-0.4, -0.2) is 42.5 Å². The van der Waals surface area contributed by atoms with Gasteiger partial charge in [-0.15, -0.1) is 0 Å². The summed E-state index contributed by atoms with van der Waals surface area (Å²) in [6.07, 6.45) is 3.70. The van der Waals surface area contributed by atoms with E-state index in [4.69, 9.17) is 4.74 Å². The lowest BCUT2D eigenvalue weighted by molar-refractivity contribution is -0.151. The van der Waals surface area contributed by atoms with Crippen LogP contribution in [0.1, 0.15) is 49.9 Å². The summed E-state index contributed by atoms with van der Waals surface area (Å²) in [4.78, 5) is 48.1. The first-order valence-electron chi connectivity index (χ1n) is 9.71. The highest BCUT2D eigenvalue weighted by atomic mass is 19.1. The summed E-state index contributed by atoms with van der Waals surface area (Å²) in [7, 11) is 0. The van der Waals surface area contributed by atoms with Crippen LogP contribution in [0.15, 0.2) is 18.2 Å². The average Bonchev–Trinajstić information content (AvgIpc) is 3.16. The van der Waals surface area contributed by atoms with Crippen molar-refractivity contribution in [2.45, 2.75) is 51.6 Å². The maximum absolute atomic E-state index is 13.8. The Bertz CT molecular complexity index is 789. The summed E-state index contributed by atoms with van der Waals surface area (Å²) in [5.41, 5.74) is -0.822. The highest BCUT2D eigenvalue weighted by Gasteiger charge is 2.29.